The molecule has 1 unspecified atom stereocenters. The summed E-state index contributed by atoms with van der Waals surface area (Å²) >= 11 is 1.26. The fourth-order valence-corrected chi connectivity index (χ4v) is 4.05. The van der Waals surface area contributed by atoms with Crippen LogP contribution in [0.4, 0.5) is 14.5 Å². The topological polar surface area (TPSA) is 85.1 Å². The number of nitrogen functional groups attached to an aromatic ring is 1. The zero-order valence-corrected chi connectivity index (χ0v) is 12.6. The van der Waals surface area contributed by atoms with Gasteiger partial charge >= 0.3 is 0 Å². The number of benzene rings is 1. The van der Waals surface area contributed by atoms with E-state index in [9.17, 15) is 17.2 Å². The van der Waals surface area contributed by atoms with Crippen LogP contribution in [-0.4, -0.2) is 13.4 Å². The minimum absolute atomic E-state index is 0.184. The predicted molar refractivity (Wildman–Crippen MR) is 76.2 cm³/mol. The molecule has 0 aliphatic heterocycles. The second-order valence-corrected chi connectivity index (χ2v) is 6.84. The fourth-order valence-electron chi connectivity index (χ4n) is 1.80. The monoisotopic (exact) mass is 333 g/mol. The quantitative estimate of drug-likeness (QED) is 0.823. The molecule has 21 heavy (non-hydrogen) atoms. The second kappa shape index (κ2) is 6.04. The molecule has 1 heterocycles. The maximum absolute atomic E-state index is 13.8. The van der Waals surface area contributed by atoms with Gasteiger partial charge in [0.2, 0.25) is 10.0 Å². The highest BCUT2D eigenvalue weighted by Gasteiger charge is 2.28. The molecule has 0 saturated heterocycles. The Bertz CT molecular complexity index is 710. The van der Waals surface area contributed by atoms with E-state index in [1.165, 1.54) is 17.5 Å². The molecule has 1 aromatic heterocycles. The predicted octanol–water partition coefficient (Wildman–Crippen LogP) is 2.43. The first-order chi connectivity index (χ1) is 9.85. The SMILES string of the molecule is CCC(NS(=O)(=O)c1c(F)cc(N)cc1F)c1nccs1. The Morgan fingerprint density at radius 3 is 2.48 bits per heavy atom. The Morgan fingerprint density at radius 1 is 1.38 bits per heavy atom. The lowest BCUT2D eigenvalue weighted by Crippen LogP contribution is -2.29. The van der Waals surface area contributed by atoms with Crippen molar-refractivity contribution in [1.29, 1.82) is 0 Å². The number of aromatic nitrogens is 1. The van der Waals surface area contributed by atoms with Gasteiger partial charge in [-0.1, -0.05) is 6.92 Å². The van der Waals surface area contributed by atoms with Crippen LogP contribution in [0, 0.1) is 11.6 Å². The van der Waals surface area contributed by atoms with Gasteiger partial charge in [0.25, 0.3) is 0 Å². The lowest BCUT2D eigenvalue weighted by molar-refractivity contribution is 0.504. The van der Waals surface area contributed by atoms with Gasteiger partial charge in [-0.3, -0.25) is 0 Å². The maximum atomic E-state index is 13.8. The number of hydrogen-bond acceptors (Lipinski definition) is 5. The third-order valence-electron chi connectivity index (χ3n) is 2.74. The highest BCUT2D eigenvalue weighted by molar-refractivity contribution is 7.89. The summed E-state index contributed by atoms with van der Waals surface area (Å²) in [4.78, 5) is 2.97. The molecule has 2 aromatic rings. The number of rotatable bonds is 5. The Morgan fingerprint density at radius 2 is 2.00 bits per heavy atom. The molecule has 0 aliphatic carbocycles. The molecule has 0 aliphatic rings. The molecule has 114 valence electrons. The second-order valence-electron chi connectivity index (χ2n) is 4.27. The Kier molecular flexibility index (Phi) is 4.55. The number of nitrogens with two attached hydrogens (primary N) is 1. The molecular formula is C12H13F2N3O2S2. The van der Waals surface area contributed by atoms with Crippen molar-refractivity contribution >= 4 is 27.0 Å². The third kappa shape index (κ3) is 3.36. The van der Waals surface area contributed by atoms with E-state index in [-0.39, 0.29) is 5.69 Å². The summed E-state index contributed by atoms with van der Waals surface area (Å²) in [5.74, 6) is -2.46. The van der Waals surface area contributed by atoms with E-state index < -0.39 is 32.6 Å². The van der Waals surface area contributed by atoms with Gasteiger partial charge in [-0.05, 0) is 18.6 Å². The number of thiazole rings is 1. The van der Waals surface area contributed by atoms with Gasteiger partial charge in [0.05, 0.1) is 6.04 Å². The number of sulfonamides is 1. The Balaban J connectivity index is 2.39. The van der Waals surface area contributed by atoms with Crippen LogP contribution in [-0.2, 0) is 10.0 Å². The number of halogens is 2. The van der Waals surface area contributed by atoms with Crippen molar-refractivity contribution in [1.82, 2.24) is 9.71 Å². The van der Waals surface area contributed by atoms with Crippen LogP contribution in [0.25, 0.3) is 0 Å². The summed E-state index contributed by atoms with van der Waals surface area (Å²) in [5.41, 5.74) is 5.09. The van der Waals surface area contributed by atoms with Crippen LogP contribution < -0.4 is 10.5 Å². The molecule has 1 aromatic carbocycles. The van der Waals surface area contributed by atoms with E-state index >= 15 is 0 Å². The minimum Gasteiger partial charge on any atom is -0.399 e. The van der Waals surface area contributed by atoms with E-state index in [0.717, 1.165) is 12.1 Å². The van der Waals surface area contributed by atoms with Crippen LogP contribution in [0.15, 0.2) is 28.6 Å². The lowest BCUT2D eigenvalue weighted by Gasteiger charge is -2.15. The molecule has 0 bridgehead atoms. The number of hydrogen-bond donors (Lipinski definition) is 2. The van der Waals surface area contributed by atoms with Crippen molar-refractivity contribution in [3.8, 4) is 0 Å². The van der Waals surface area contributed by atoms with E-state index in [1.54, 1.807) is 12.3 Å². The number of nitrogens with one attached hydrogen (secondary N) is 1. The average Bonchev–Trinajstić information content (AvgIpc) is 2.87. The molecule has 0 amide bonds. The first kappa shape index (κ1) is 15.8. The molecule has 1 atom stereocenters. The van der Waals surface area contributed by atoms with Gasteiger partial charge < -0.3 is 5.73 Å². The lowest BCUT2D eigenvalue weighted by atomic mass is 10.3. The average molecular weight is 333 g/mol. The molecule has 0 saturated carbocycles. The highest BCUT2D eigenvalue weighted by Crippen LogP contribution is 2.25. The summed E-state index contributed by atoms with van der Waals surface area (Å²) in [6, 6.07) is 0.885. The van der Waals surface area contributed by atoms with Crippen LogP contribution in [0.3, 0.4) is 0 Å². The van der Waals surface area contributed by atoms with Gasteiger partial charge in [0, 0.05) is 17.3 Å². The summed E-state index contributed by atoms with van der Waals surface area (Å²) in [7, 11) is -4.36. The first-order valence-electron chi connectivity index (χ1n) is 6.01. The molecule has 0 radical (unpaired) electrons. The standard InChI is InChI=1S/C12H13F2N3O2S2/c1-2-10(12-16-3-4-20-12)17-21(18,19)11-8(13)5-7(15)6-9(11)14/h3-6,10,17H,2,15H2,1H3. The van der Waals surface area contributed by atoms with Crippen molar-refractivity contribution in [2.24, 2.45) is 0 Å². The first-order valence-corrected chi connectivity index (χ1v) is 8.37. The summed E-state index contributed by atoms with van der Waals surface area (Å²) < 4.78 is 54.2. The minimum atomic E-state index is -4.36. The van der Waals surface area contributed by atoms with Crippen molar-refractivity contribution in [3.63, 3.8) is 0 Å². The molecule has 0 spiro atoms. The maximum Gasteiger partial charge on any atom is 0.247 e. The van der Waals surface area contributed by atoms with E-state index in [0.29, 0.717) is 11.4 Å². The summed E-state index contributed by atoms with van der Waals surface area (Å²) in [6.45, 7) is 1.74. The van der Waals surface area contributed by atoms with Gasteiger partial charge in [-0.15, -0.1) is 11.3 Å². The molecular weight excluding hydrogens is 320 g/mol. The van der Waals surface area contributed by atoms with Crippen LogP contribution in [0.2, 0.25) is 0 Å². The highest BCUT2D eigenvalue weighted by atomic mass is 32.2. The van der Waals surface area contributed by atoms with Gasteiger partial charge in [-0.25, -0.2) is 26.9 Å². The van der Waals surface area contributed by atoms with Crippen molar-refractivity contribution < 1.29 is 17.2 Å². The molecule has 2 rings (SSSR count). The van der Waals surface area contributed by atoms with Gasteiger partial charge in [0.15, 0.2) is 4.90 Å². The van der Waals surface area contributed by atoms with Crippen molar-refractivity contribution in [3.05, 3.63) is 40.4 Å². The van der Waals surface area contributed by atoms with Crippen LogP contribution in [0.1, 0.15) is 24.4 Å². The normalized spacial score (nSPS) is 13.3. The number of nitrogens with zero attached hydrogens (tertiary/aromatic N) is 1. The summed E-state index contributed by atoms with van der Waals surface area (Å²) in [5, 5.41) is 2.22. The van der Waals surface area contributed by atoms with E-state index in [1.807, 2.05) is 0 Å². The smallest absolute Gasteiger partial charge is 0.247 e. The zero-order chi connectivity index (χ0) is 15.6. The number of anilines is 1. The molecule has 0 fully saturated rings. The van der Waals surface area contributed by atoms with Crippen molar-refractivity contribution in [2.75, 3.05) is 5.73 Å². The van der Waals surface area contributed by atoms with Crippen molar-refractivity contribution in [2.45, 2.75) is 24.3 Å². The Hall–Kier alpha value is -1.58. The van der Waals surface area contributed by atoms with Gasteiger partial charge in [0.1, 0.15) is 16.6 Å². The van der Waals surface area contributed by atoms with E-state index in [2.05, 4.69) is 9.71 Å². The largest absolute Gasteiger partial charge is 0.399 e. The third-order valence-corrected chi connectivity index (χ3v) is 5.16. The van der Waals surface area contributed by atoms with E-state index in [4.69, 9.17) is 5.73 Å². The molecule has 5 nitrogen and oxygen atoms in total. The van der Waals surface area contributed by atoms with Crippen LogP contribution >= 0.6 is 11.3 Å². The fraction of sp³-hybridized carbons (Fsp3) is 0.250. The summed E-state index contributed by atoms with van der Waals surface area (Å²) in [6.07, 6.45) is 1.92. The molecule has 3 N–H and O–H groups in total. The zero-order valence-electron chi connectivity index (χ0n) is 11.0. The van der Waals surface area contributed by atoms with Crippen LogP contribution in [0.5, 0.6) is 0 Å². The molecule has 9 heteroatoms. The van der Waals surface area contributed by atoms with Gasteiger partial charge in [-0.2, -0.15) is 0 Å². The Labute approximate surface area is 124 Å².